The Kier molecular flexibility index (Phi) is 6.41. The number of aryl methyl sites for hydroxylation is 2. The number of thioether (sulfide) groups is 1. The normalized spacial score (nSPS) is 16.7. The second-order valence-corrected chi connectivity index (χ2v) is 8.44. The van der Waals surface area contributed by atoms with Crippen molar-refractivity contribution in [2.45, 2.75) is 27.2 Å². The molecule has 0 aromatic heterocycles. The molecular formula is C24H24N4O3S. The largest absolute Gasteiger partial charge is 0.490 e. The molecule has 0 radical (unpaired) electrons. The number of carbonyl (C=O) groups excluding carboxylic acids is 1. The van der Waals surface area contributed by atoms with E-state index in [4.69, 9.17) is 14.9 Å². The first-order valence-electron chi connectivity index (χ1n) is 10.4. The summed E-state index contributed by atoms with van der Waals surface area (Å²) in [5, 5.41) is 15.4. The minimum absolute atomic E-state index is 0.0415. The maximum atomic E-state index is 12.4. The molecule has 0 aliphatic carbocycles. The number of aliphatic imine (C=N–C) groups is 1. The average molecular weight is 449 g/mol. The van der Waals surface area contributed by atoms with Gasteiger partial charge in [-0.25, -0.2) is 0 Å². The predicted molar refractivity (Wildman–Crippen MR) is 129 cm³/mol. The van der Waals surface area contributed by atoms with Gasteiger partial charge in [-0.2, -0.15) is 15.1 Å². The third-order valence-corrected chi connectivity index (χ3v) is 6.00. The molecule has 0 saturated carbocycles. The van der Waals surface area contributed by atoms with Gasteiger partial charge in [0.05, 0.1) is 5.57 Å². The van der Waals surface area contributed by atoms with Crippen molar-refractivity contribution >= 4 is 39.8 Å². The van der Waals surface area contributed by atoms with Gasteiger partial charge in [-0.3, -0.25) is 10.2 Å². The Balaban J connectivity index is 1.36. The molecule has 0 atom stereocenters. The molecule has 0 fully saturated rings. The van der Waals surface area contributed by atoms with Crippen LogP contribution in [0.3, 0.4) is 0 Å². The van der Waals surface area contributed by atoms with Crippen LogP contribution in [0.2, 0.25) is 0 Å². The van der Waals surface area contributed by atoms with Gasteiger partial charge in [-0.15, -0.1) is 0 Å². The van der Waals surface area contributed by atoms with Crippen LogP contribution in [0.1, 0.15) is 30.0 Å². The first kappa shape index (κ1) is 21.8. The van der Waals surface area contributed by atoms with Crippen molar-refractivity contribution in [3.8, 4) is 11.5 Å². The van der Waals surface area contributed by atoms with E-state index in [1.54, 1.807) is 6.08 Å². The Morgan fingerprint density at radius 2 is 1.84 bits per heavy atom. The SMILES string of the molecule is CCC1=NN2C(=N)/C(=C\c3ccc(OCCOc4cc(C)ccc4C)cc3)C(=O)N=C2S1. The highest BCUT2D eigenvalue weighted by molar-refractivity contribution is 8.26. The quantitative estimate of drug-likeness (QED) is 0.486. The van der Waals surface area contributed by atoms with Crippen LogP contribution < -0.4 is 9.47 Å². The fourth-order valence-electron chi connectivity index (χ4n) is 3.18. The number of hydrogen-bond donors (Lipinski definition) is 1. The minimum Gasteiger partial charge on any atom is -0.490 e. The lowest BCUT2D eigenvalue weighted by atomic mass is 10.1. The third-order valence-electron chi connectivity index (χ3n) is 4.94. The summed E-state index contributed by atoms with van der Waals surface area (Å²) in [6.45, 7) is 6.89. The minimum atomic E-state index is -0.426. The summed E-state index contributed by atoms with van der Waals surface area (Å²) in [7, 11) is 0. The van der Waals surface area contributed by atoms with Crippen LogP contribution >= 0.6 is 11.8 Å². The second kappa shape index (κ2) is 9.40. The van der Waals surface area contributed by atoms with Crippen molar-refractivity contribution in [1.29, 1.82) is 5.41 Å². The van der Waals surface area contributed by atoms with Crippen LogP contribution in [0.5, 0.6) is 11.5 Å². The van der Waals surface area contributed by atoms with Crippen molar-refractivity contribution in [3.63, 3.8) is 0 Å². The fraction of sp³-hybridized carbons (Fsp3) is 0.250. The molecule has 0 spiro atoms. The van der Waals surface area contributed by atoms with Gasteiger partial charge in [0.2, 0.25) is 5.17 Å². The van der Waals surface area contributed by atoms with E-state index >= 15 is 0 Å². The van der Waals surface area contributed by atoms with Gasteiger partial charge < -0.3 is 9.47 Å². The van der Waals surface area contributed by atoms with E-state index in [1.807, 2.05) is 57.2 Å². The van der Waals surface area contributed by atoms with Crippen LogP contribution in [0.15, 0.2) is 58.1 Å². The number of hydrogen-bond acceptors (Lipinski definition) is 6. The first-order chi connectivity index (χ1) is 15.4. The molecule has 2 aromatic rings. The van der Waals surface area contributed by atoms with Crippen molar-refractivity contribution < 1.29 is 14.3 Å². The standard InChI is InChI=1S/C24H24N4O3S/c1-4-21-27-28-22(25)19(23(29)26-24(28)32-21)14-17-7-9-18(10-8-17)30-11-12-31-20-13-15(2)5-6-16(20)3/h5-10,13-14,25H,4,11-12H2,1-3H3/b19-14+,25-22?. The van der Waals surface area contributed by atoms with Crippen molar-refractivity contribution in [2.24, 2.45) is 10.1 Å². The highest BCUT2D eigenvalue weighted by Crippen LogP contribution is 2.29. The molecule has 0 bridgehead atoms. The molecule has 2 aliphatic heterocycles. The van der Waals surface area contributed by atoms with E-state index < -0.39 is 5.91 Å². The molecule has 32 heavy (non-hydrogen) atoms. The smallest absolute Gasteiger partial charge is 0.283 e. The van der Waals surface area contributed by atoms with Crippen LogP contribution in [0.25, 0.3) is 6.08 Å². The van der Waals surface area contributed by atoms with E-state index in [2.05, 4.69) is 16.2 Å². The van der Waals surface area contributed by atoms with Gasteiger partial charge in [0.25, 0.3) is 5.91 Å². The first-order valence-corrected chi connectivity index (χ1v) is 11.2. The van der Waals surface area contributed by atoms with Crippen LogP contribution in [0, 0.1) is 19.3 Å². The van der Waals surface area contributed by atoms with Crippen LogP contribution in [0.4, 0.5) is 0 Å². The topological polar surface area (TPSA) is 87.3 Å². The highest BCUT2D eigenvalue weighted by atomic mass is 32.2. The molecule has 1 N–H and O–H groups in total. The molecule has 8 heteroatoms. The van der Waals surface area contributed by atoms with E-state index in [0.717, 1.165) is 33.9 Å². The van der Waals surface area contributed by atoms with Crippen molar-refractivity contribution in [1.82, 2.24) is 5.01 Å². The molecule has 1 amide bonds. The number of amides is 1. The summed E-state index contributed by atoms with van der Waals surface area (Å²) in [4.78, 5) is 16.5. The molecule has 164 valence electrons. The molecule has 0 saturated heterocycles. The maximum absolute atomic E-state index is 12.4. The Hall–Kier alpha value is -3.39. The molecule has 4 rings (SSSR count). The molecular weight excluding hydrogens is 424 g/mol. The highest BCUT2D eigenvalue weighted by Gasteiger charge is 2.34. The Morgan fingerprint density at radius 1 is 1.09 bits per heavy atom. The van der Waals surface area contributed by atoms with Gasteiger partial charge in [-0.1, -0.05) is 31.2 Å². The van der Waals surface area contributed by atoms with Gasteiger partial charge in [0, 0.05) is 0 Å². The van der Waals surface area contributed by atoms with E-state index in [-0.39, 0.29) is 11.4 Å². The summed E-state index contributed by atoms with van der Waals surface area (Å²) in [6.07, 6.45) is 2.39. The summed E-state index contributed by atoms with van der Waals surface area (Å²) < 4.78 is 11.6. The van der Waals surface area contributed by atoms with Gasteiger partial charge in [0.1, 0.15) is 29.8 Å². The molecule has 2 aliphatic rings. The summed E-state index contributed by atoms with van der Waals surface area (Å²) in [5.74, 6) is 1.19. The summed E-state index contributed by atoms with van der Waals surface area (Å²) in [5.41, 5.74) is 3.24. The van der Waals surface area contributed by atoms with Gasteiger partial charge in [-0.05, 0) is 73.0 Å². The second-order valence-electron chi connectivity index (χ2n) is 7.40. The molecule has 7 nitrogen and oxygen atoms in total. The summed E-state index contributed by atoms with van der Waals surface area (Å²) in [6, 6.07) is 13.5. The monoisotopic (exact) mass is 448 g/mol. The van der Waals surface area contributed by atoms with Crippen molar-refractivity contribution in [2.75, 3.05) is 13.2 Å². The number of fused-ring (bicyclic) bond motifs is 1. The number of nitrogens with one attached hydrogen (secondary N) is 1. The van der Waals surface area contributed by atoms with Gasteiger partial charge >= 0.3 is 0 Å². The zero-order valence-electron chi connectivity index (χ0n) is 18.2. The van der Waals surface area contributed by atoms with E-state index in [0.29, 0.717) is 24.1 Å². The lowest BCUT2D eigenvalue weighted by molar-refractivity contribution is -0.114. The van der Waals surface area contributed by atoms with Crippen LogP contribution in [-0.2, 0) is 4.79 Å². The Bertz CT molecular complexity index is 1150. The van der Waals surface area contributed by atoms with E-state index in [1.165, 1.54) is 16.8 Å². The molecule has 2 aromatic carbocycles. The maximum Gasteiger partial charge on any atom is 0.283 e. The third kappa shape index (κ3) is 4.75. The zero-order chi connectivity index (χ0) is 22.7. The lowest BCUT2D eigenvalue weighted by Gasteiger charge is -2.20. The number of nitrogens with zero attached hydrogens (tertiary/aromatic N) is 3. The number of hydrazone groups is 1. The predicted octanol–water partition coefficient (Wildman–Crippen LogP) is 4.79. The average Bonchev–Trinajstić information content (AvgIpc) is 3.20. The number of benzene rings is 2. The van der Waals surface area contributed by atoms with Crippen LogP contribution in [-0.4, -0.2) is 40.2 Å². The summed E-state index contributed by atoms with van der Waals surface area (Å²) >= 11 is 1.33. The van der Waals surface area contributed by atoms with E-state index in [9.17, 15) is 4.79 Å². The number of rotatable bonds is 7. The number of ether oxygens (including phenoxy) is 2. The van der Waals surface area contributed by atoms with Crippen molar-refractivity contribution in [3.05, 3.63) is 64.7 Å². The Morgan fingerprint density at radius 3 is 2.59 bits per heavy atom. The number of amidine groups is 2. The fourth-order valence-corrected chi connectivity index (χ4v) is 4.00. The Labute approximate surface area is 191 Å². The number of carbonyl (C=O) groups is 1. The molecule has 0 unspecified atom stereocenters. The van der Waals surface area contributed by atoms with Gasteiger partial charge in [0.15, 0.2) is 5.84 Å². The molecule has 2 heterocycles. The zero-order valence-corrected chi connectivity index (χ0v) is 19.0. The lowest BCUT2D eigenvalue weighted by Crippen LogP contribution is -2.35.